The first-order chi connectivity index (χ1) is 7.60. The molecule has 0 heterocycles. The Balaban J connectivity index is 2.96. The molecule has 4 heteroatoms. The molecule has 0 radical (unpaired) electrons. The van der Waals surface area contributed by atoms with Gasteiger partial charge in [0.1, 0.15) is 6.07 Å². The molecule has 0 bridgehead atoms. The zero-order valence-corrected chi connectivity index (χ0v) is 9.97. The fraction of sp³-hybridized carbons (Fsp3) is 0.333. The molecule has 0 aromatic heterocycles. The van der Waals surface area contributed by atoms with Gasteiger partial charge in [-0.1, -0.05) is 17.7 Å². The van der Waals surface area contributed by atoms with Gasteiger partial charge in [-0.05, 0) is 31.0 Å². The molecule has 0 N–H and O–H groups in total. The van der Waals surface area contributed by atoms with E-state index in [2.05, 4.69) is 0 Å². The van der Waals surface area contributed by atoms with E-state index in [0.29, 0.717) is 17.2 Å². The van der Waals surface area contributed by atoms with Gasteiger partial charge >= 0.3 is 5.97 Å². The van der Waals surface area contributed by atoms with Crippen LogP contribution < -0.4 is 0 Å². The number of nitrogens with zero attached hydrogens (tertiary/aromatic N) is 1. The second-order valence-electron chi connectivity index (χ2n) is 3.30. The van der Waals surface area contributed by atoms with E-state index in [4.69, 9.17) is 21.6 Å². The predicted octanol–water partition coefficient (Wildman–Crippen LogP) is 2.63. The lowest BCUT2D eigenvalue weighted by molar-refractivity contribution is -0.142. The van der Waals surface area contributed by atoms with E-state index in [0.717, 1.165) is 11.1 Å². The minimum atomic E-state index is -0.286. The van der Waals surface area contributed by atoms with Crippen LogP contribution in [0.4, 0.5) is 0 Å². The van der Waals surface area contributed by atoms with Crippen LogP contribution in [0.2, 0.25) is 5.02 Å². The Labute approximate surface area is 99.6 Å². The maximum Gasteiger partial charge on any atom is 0.310 e. The van der Waals surface area contributed by atoms with Gasteiger partial charge in [0.15, 0.2) is 0 Å². The van der Waals surface area contributed by atoms with Crippen molar-refractivity contribution in [3.05, 3.63) is 33.8 Å². The van der Waals surface area contributed by atoms with E-state index < -0.39 is 0 Å². The summed E-state index contributed by atoms with van der Waals surface area (Å²) >= 11 is 5.98. The summed E-state index contributed by atoms with van der Waals surface area (Å²) in [6, 6.07) is 5.34. The number of ether oxygens (including phenoxy) is 1. The van der Waals surface area contributed by atoms with Gasteiger partial charge in [-0.2, -0.15) is 5.26 Å². The molecule has 0 atom stereocenters. The second kappa shape index (κ2) is 5.53. The lowest BCUT2D eigenvalue weighted by Gasteiger charge is -2.08. The summed E-state index contributed by atoms with van der Waals surface area (Å²) in [5.74, 6) is -0.286. The Morgan fingerprint density at radius 2 is 2.25 bits per heavy atom. The number of hydrogen-bond acceptors (Lipinski definition) is 3. The van der Waals surface area contributed by atoms with Crippen LogP contribution in [0.5, 0.6) is 0 Å². The van der Waals surface area contributed by atoms with E-state index >= 15 is 0 Å². The highest BCUT2D eigenvalue weighted by atomic mass is 35.5. The number of carbonyl (C=O) groups is 1. The first-order valence-electron chi connectivity index (χ1n) is 4.93. The third-order valence-corrected chi connectivity index (χ3v) is 2.75. The average molecular weight is 238 g/mol. The van der Waals surface area contributed by atoms with Gasteiger partial charge in [0, 0.05) is 0 Å². The van der Waals surface area contributed by atoms with E-state index in [1.165, 1.54) is 0 Å². The van der Waals surface area contributed by atoms with Crippen LogP contribution >= 0.6 is 11.6 Å². The van der Waals surface area contributed by atoms with Crippen molar-refractivity contribution in [2.45, 2.75) is 20.3 Å². The number of benzene rings is 1. The van der Waals surface area contributed by atoms with Crippen molar-refractivity contribution in [3.63, 3.8) is 0 Å². The molecule has 0 aliphatic carbocycles. The van der Waals surface area contributed by atoms with Gasteiger partial charge in [-0.3, -0.25) is 4.79 Å². The van der Waals surface area contributed by atoms with Crippen molar-refractivity contribution in [2.24, 2.45) is 0 Å². The average Bonchev–Trinajstić information content (AvgIpc) is 2.25. The van der Waals surface area contributed by atoms with E-state index in [-0.39, 0.29) is 12.4 Å². The molecule has 0 saturated heterocycles. The lowest BCUT2D eigenvalue weighted by atomic mass is 10.0. The first-order valence-corrected chi connectivity index (χ1v) is 5.31. The van der Waals surface area contributed by atoms with Crippen molar-refractivity contribution < 1.29 is 9.53 Å². The monoisotopic (exact) mass is 237 g/mol. The van der Waals surface area contributed by atoms with Crippen molar-refractivity contribution in [3.8, 4) is 6.07 Å². The zero-order valence-electron chi connectivity index (χ0n) is 9.21. The number of hydrogen-bond donors (Lipinski definition) is 0. The van der Waals surface area contributed by atoms with Crippen LogP contribution in [-0.2, 0) is 16.0 Å². The Morgan fingerprint density at radius 3 is 2.81 bits per heavy atom. The standard InChI is InChI=1S/C12H12ClNO2/c1-3-16-11(15)6-9-4-5-10(7-14)12(13)8(9)2/h4-5H,3,6H2,1-2H3. The molecule has 3 nitrogen and oxygen atoms in total. The number of esters is 1. The van der Waals surface area contributed by atoms with Crippen LogP contribution in [0, 0.1) is 18.3 Å². The molecule has 0 amide bonds. The minimum Gasteiger partial charge on any atom is -0.466 e. The third-order valence-electron chi connectivity index (χ3n) is 2.26. The van der Waals surface area contributed by atoms with Crippen LogP contribution in [-0.4, -0.2) is 12.6 Å². The highest BCUT2D eigenvalue weighted by Crippen LogP contribution is 2.23. The highest BCUT2D eigenvalue weighted by molar-refractivity contribution is 6.32. The maximum absolute atomic E-state index is 11.3. The summed E-state index contributed by atoms with van der Waals surface area (Å²) in [6.07, 6.45) is 0.186. The van der Waals surface area contributed by atoms with E-state index in [1.807, 2.05) is 6.07 Å². The molecule has 1 aromatic rings. The molecule has 0 aliphatic rings. The molecule has 16 heavy (non-hydrogen) atoms. The largest absolute Gasteiger partial charge is 0.466 e. The van der Waals surface area contributed by atoms with Crippen LogP contribution in [0.3, 0.4) is 0 Å². The van der Waals surface area contributed by atoms with Crippen molar-refractivity contribution in [2.75, 3.05) is 6.61 Å². The predicted molar refractivity (Wildman–Crippen MR) is 61.2 cm³/mol. The molecule has 1 rings (SSSR count). The fourth-order valence-corrected chi connectivity index (χ4v) is 1.60. The second-order valence-corrected chi connectivity index (χ2v) is 3.68. The minimum absolute atomic E-state index is 0.186. The van der Waals surface area contributed by atoms with Crippen LogP contribution in [0.15, 0.2) is 12.1 Å². The Hall–Kier alpha value is -1.53. The van der Waals surface area contributed by atoms with E-state index in [1.54, 1.807) is 26.0 Å². The van der Waals surface area contributed by atoms with Crippen LogP contribution in [0.1, 0.15) is 23.6 Å². The Morgan fingerprint density at radius 1 is 1.56 bits per heavy atom. The van der Waals surface area contributed by atoms with Crippen LogP contribution in [0.25, 0.3) is 0 Å². The molecule has 1 aromatic carbocycles. The summed E-state index contributed by atoms with van der Waals surface area (Å²) in [5.41, 5.74) is 1.97. The number of halogens is 1. The van der Waals surface area contributed by atoms with Crippen molar-refractivity contribution in [1.29, 1.82) is 5.26 Å². The summed E-state index contributed by atoms with van der Waals surface area (Å²) in [6.45, 7) is 3.91. The molecule has 0 saturated carbocycles. The summed E-state index contributed by atoms with van der Waals surface area (Å²) < 4.78 is 4.85. The quantitative estimate of drug-likeness (QED) is 0.760. The van der Waals surface area contributed by atoms with Crippen molar-refractivity contribution >= 4 is 17.6 Å². The summed E-state index contributed by atoms with van der Waals surface area (Å²) in [7, 11) is 0. The van der Waals surface area contributed by atoms with Crippen molar-refractivity contribution in [1.82, 2.24) is 0 Å². The lowest BCUT2D eigenvalue weighted by Crippen LogP contribution is -2.08. The van der Waals surface area contributed by atoms with Gasteiger partial charge in [-0.25, -0.2) is 0 Å². The van der Waals surface area contributed by atoms with Gasteiger partial charge in [-0.15, -0.1) is 0 Å². The molecular formula is C12H12ClNO2. The molecule has 0 aliphatic heterocycles. The molecule has 84 valence electrons. The van der Waals surface area contributed by atoms with Gasteiger partial charge < -0.3 is 4.74 Å². The fourth-order valence-electron chi connectivity index (χ4n) is 1.37. The number of carbonyl (C=O) groups excluding carboxylic acids is 1. The normalized spacial score (nSPS) is 9.62. The molecular weight excluding hydrogens is 226 g/mol. The number of rotatable bonds is 3. The Bertz CT molecular complexity index is 449. The number of nitriles is 1. The van der Waals surface area contributed by atoms with E-state index in [9.17, 15) is 4.79 Å². The molecule has 0 fully saturated rings. The van der Waals surface area contributed by atoms with Gasteiger partial charge in [0.05, 0.1) is 23.6 Å². The van der Waals surface area contributed by atoms with Gasteiger partial charge in [0.2, 0.25) is 0 Å². The smallest absolute Gasteiger partial charge is 0.310 e. The topological polar surface area (TPSA) is 50.1 Å². The summed E-state index contributed by atoms with van der Waals surface area (Å²) in [4.78, 5) is 11.3. The Kier molecular flexibility index (Phi) is 4.33. The zero-order chi connectivity index (χ0) is 12.1. The molecule has 0 unspecified atom stereocenters. The maximum atomic E-state index is 11.3. The molecule has 0 spiro atoms. The first kappa shape index (κ1) is 12.5. The highest BCUT2D eigenvalue weighted by Gasteiger charge is 2.11. The third kappa shape index (κ3) is 2.74. The van der Waals surface area contributed by atoms with Gasteiger partial charge in [0.25, 0.3) is 0 Å². The SMILES string of the molecule is CCOC(=O)Cc1ccc(C#N)c(Cl)c1C. The summed E-state index contributed by atoms with van der Waals surface area (Å²) in [5, 5.41) is 9.18.